The van der Waals surface area contributed by atoms with Crippen LogP contribution in [-0.4, -0.2) is 17.2 Å². The van der Waals surface area contributed by atoms with Gasteiger partial charge in [-0.15, -0.1) is 11.3 Å². The lowest BCUT2D eigenvalue weighted by Gasteiger charge is -2.34. The number of fused-ring (bicyclic) bond motifs is 10. The van der Waals surface area contributed by atoms with Gasteiger partial charge in [0.15, 0.2) is 8.07 Å². The van der Waals surface area contributed by atoms with E-state index >= 15 is 0 Å². The van der Waals surface area contributed by atoms with Crippen LogP contribution in [-0.2, 0) is 0 Å². The average Bonchev–Trinajstić information content (AvgIpc) is 4.32. The quantitative estimate of drug-likeness (QED) is 0.112. The molecule has 0 atom stereocenters. The SMILES string of the molecule is [2H]c1c([2H])c([Si](c2ccccc2)(c2ccccc2)c2ccc(-c3ccccc3)cc2)c([2H])c([2H])c1-n1c2ccccc2c2cc(-n3c4c([2H])c([2H])c([2H])c([2H])c4c4c([2H])c([2H])c([2H])c([2H])c43)c3sc4ccccc4c3c21. The topological polar surface area (TPSA) is 9.86 Å². The van der Waals surface area contributed by atoms with Crippen LogP contribution in [0.1, 0.15) is 16.4 Å². The first-order chi connectivity index (χ1) is 36.8. The summed E-state index contributed by atoms with van der Waals surface area (Å²) in [6, 6.07) is 50.6. The molecule has 0 saturated carbocycles. The smallest absolute Gasteiger partial charge is 0.179 e. The molecule has 13 rings (SSSR count). The summed E-state index contributed by atoms with van der Waals surface area (Å²) in [5.74, 6) is 0. The van der Waals surface area contributed by atoms with E-state index < -0.39 is 56.4 Å². The summed E-state index contributed by atoms with van der Waals surface area (Å²) in [4.78, 5) is 0. The lowest BCUT2D eigenvalue weighted by atomic mass is 10.1. The number of hydrogen-bond donors (Lipinski definition) is 0. The molecule has 0 aliphatic carbocycles. The normalized spacial score (nSPS) is 14.7. The number of aromatic nitrogens is 2. The second-order valence-corrected chi connectivity index (χ2v) is 20.7. The van der Waals surface area contributed by atoms with Gasteiger partial charge in [0, 0.05) is 42.7 Å². The van der Waals surface area contributed by atoms with Gasteiger partial charge < -0.3 is 9.13 Å². The van der Waals surface area contributed by atoms with Crippen molar-refractivity contribution in [1.82, 2.24) is 9.13 Å². The minimum absolute atomic E-state index is 0.00999. The summed E-state index contributed by atoms with van der Waals surface area (Å²) in [7, 11) is -3.71. The van der Waals surface area contributed by atoms with Gasteiger partial charge in [0.25, 0.3) is 0 Å². The fraction of sp³-hybridized carbons (Fsp3) is 0. The second-order valence-electron chi connectivity index (χ2n) is 15.9. The molecule has 0 aliphatic heterocycles. The molecule has 64 heavy (non-hydrogen) atoms. The van der Waals surface area contributed by atoms with E-state index in [0.717, 1.165) is 36.8 Å². The van der Waals surface area contributed by atoms with E-state index in [1.807, 2.05) is 138 Å². The van der Waals surface area contributed by atoms with Crippen molar-refractivity contribution >= 4 is 104 Å². The van der Waals surface area contributed by atoms with Crippen LogP contribution in [0.3, 0.4) is 0 Å². The zero-order valence-electron chi connectivity index (χ0n) is 46.0. The largest absolute Gasteiger partial charge is 0.309 e. The van der Waals surface area contributed by atoms with E-state index in [1.54, 1.807) is 4.57 Å². The minimum Gasteiger partial charge on any atom is -0.309 e. The highest BCUT2D eigenvalue weighted by Crippen LogP contribution is 2.47. The fourth-order valence-electron chi connectivity index (χ4n) is 9.84. The Morgan fingerprint density at radius 2 is 0.922 bits per heavy atom. The van der Waals surface area contributed by atoms with Crippen LogP contribution in [0, 0.1) is 0 Å². The predicted molar refractivity (Wildman–Crippen MR) is 277 cm³/mol. The van der Waals surface area contributed by atoms with Crippen molar-refractivity contribution in [3.8, 4) is 22.5 Å². The summed E-state index contributed by atoms with van der Waals surface area (Å²) in [6.07, 6.45) is 0. The van der Waals surface area contributed by atoms with E-state index in [1.165, 1.54) is 11.3 Å². The molecular formula is C60H40N2SSi. The summed E-state index contributed by atoms with van der Waals surface area (Å²) in [6.45, 7) is 0. The average molecular weight is 861 g/mol. The molecule has 3 heterocycles. The molecule has 10 aromatic carbocycles. The Bertz CT molecular complexity index is 4450. The van der Waals surface area contributed by atoms with E-state index in [0.29, 0.717) is 42.8 Å². The van der Waals surface area contributed by atoms with Gasteiger partial charge in [-0.3, -0.25) is 0 Å². The lowest BCUT2D eigenvalue weighted by molar-refractivity contribution is 1.18. The van der Waals surface area contributed by atoms with E-state index in [9.17, 15) is 8.22 Å². The Morgan fingerprint density at radius 1 is 0.391 bits per heavy atom. The van der Waals surface area contributed by atoms with Crippen LogP contribution >= 0.6 is 11.3 Å². The van der Waals surface area contributed by atoms with Gasteiger partial charge in [-0.2, -0.15) is 0 Å². The Hall–Kier alpha value is -7.76. The van der Waals surface area contributed by atoms with E-state index in [4.69, 9.17) is 8.22 Å². The van der Waals surface area contributed by atoms with E-state index in [2.05, 4.69) is 36.4 Å². The Kier molecular flexibility index (Phi) is 6.11. The molecule has 0 N–H and O–H groups in total. The van der Waals surface area contributed by atoms with Gasteiger partial charge in [-0.25, -0.2) is 0 Å². The predicted octanol–water partition coefficient (Wildman–Crippen LogP) is 13.3. The first-order valence-electron chi connectivity index (χ1n) is 27.0. The van der Waals surface area contributed by atoms with Crippen molar-refractivity contribution in [2.45, 2.75) is 0 Å². The molecule has 3 aromatic heterocycles. The van der Waals surface area contributed by atoms with Crippen LogP contribution in [0.15, 0.2) is 242 Å². The van der Waals surface area contributed by atoms with Gasteiger partial charge in [0.05, 0.1) is 48.9 Å². The molecule has 13 aromatic rings. The number of rotatable bonds is 7. The summed E-state index contributed by atoms with van der Waals surface area (Å²) >= 11 is 1.40. The molecule has 0 amide bonds. The molecule has 4 heteroatoms. The van der Waals surface area contributed by atoms with Crippen LogP contribution in [0.4, 0.5) is 0 Å². The third-order valence-corrected chi connectivity index (χ3v) is 18.4. The zero-order chi connectivity index (χ0) is 52.6. The van der Waals surface area contributed by atoms with Crippen LogP contribution in [0.5, 0.6) is 0 Å². The van der Waals surface area contributed by atoms with Crippen molar-refractivity contribution in [2.24, 2.45) is 0 Å². The summed E-state index contributed by atoms with van der Waals surface area (Å²) < 4.78 is 118. The molecule has 0 spiro atoms. The maximum absolute atomic E-state index is 10.4. The fourth-order valence-corrected chi connectivity index (χ4v) is 15.5. The van der Waals surface area contributed by atoms with Gasteiger partial charge in [0.1, 0.15) is 0 Å². The lowest BCUT2D eigenvalue weighted by Crippen LogP contribution is -2.74. The number of hydrogen-bond acceptors (Lipinski definition) is 1. The highest BCUT2D eigenvalue weighted by molar-refractivity contribution is 7.26. The number of para-hydroxylation sites is 3. The van der Waals surface area contributed by atoms with Crippen LogP contribution in [0.2, 0.25) is 0 Å². The Labute approximate surface area is 393 Å². The standard InChI is InChI=1S/C60H40N2SSi/c1-4-18-41(19-5-1)42-32-36-46(37-33-42)64(44-20-6-2-7-21-44,45-22-8-3-9-23-45)47-38-34-43(35-39-47)61-53-28-14-12-26-50(53)52-40-56(60-58(59(52)61)51-27-13-17-31-57(51)63-60)62-54-29-15-10-24-48(54)49-25-11-16-30-55(49)62/h1-40H/i10D,11D,15D,16D,24D,25D,29D,30D,34D,35D,38D,39D. The summed E-state index contributed by atoms with van der Waals surface area (Å²) in [5.41, 5.74) is 3.61. The van der Waals surface area contributed by atoms with Gasteiger partial charge in [-0.05, 0) is 74.2 Å². The zero-order valence-corrected chi connectivity index (χ0v) is 35.8. The molecule has 0 bridgehead atoms. The molecule has 0 fully saturated rings. The van der Waals surface area contributed by atoms with Gasteiger partial charge in [0.2, 0.25) is 0 Å². The second kappa shape index (κ2) is 14.7. The van der Waals surface area contributed by atoms with Gasteiger partial charge >= 0.3 is 0 Å². The third kappa shape index (κ3) is 5.43. The highest BCUT2D eigenvalue weighted by Gasteiger charge is 2.41. The van der Waals surface area contributed by atoms with Gasteiger partial charge in [-0.1, -0.05) is 200 Å². The number of benzene rings is 10. The van der Waals surface area contributed by atoms with Crippen molar-refractivity contribution < 1.29 is 16.4 Å². The monoisotopic (exact) mass is 860 g/mol. The molecule has 0 aliphatic rings. The Balaban J connectivity index is 1.17. The maximum Gasteiger partial charge on any atom is 0.179 e. The Morgan fingerprint density at radius 3 is 1.58 bits per heavy atom. The van der Waals surface area contributed by atoms with E-state index in [-0.39, 0.29) is 51.7 Å². The molecular weight excluding hydrogens is 809 g/mol. The number of nitrogens with zero attached hydrogens (tertiary/aromatic N) is 2. The first kappa shape index (κ1) is 26.7. The summed E-state index contributed by atoms with van der Waals surface area (Å²) in [5, 5.41) is 5.62. The van der Waals surface area contributed by atoms with Crippen molar-refractivity contribution in [3.63, 3.8) is 0 Å². The van der Waals surface area contributed by atoms with Crippen LogP contribution < -0.4 is 20.7 Å². The van der Waals surface area contributed by atoms with Crippen molar-refractivity contribution in [1.29, 1.82) is 0 Å². The molecule has 2 nitrogen and oxygen atoms in total. The molecule has 0 radical (unpaired) electrons. The van der Waals surface area contributed by atoms with Crippen molar-refractivity contribution in [2.75, 3.05) is 0 Å². The number of thiophene rings is 1. The maximum atomic E-state index is 10.4. The molecule has 0 unspecified atom stereocenters. The molecule has 300 valence electrons. The molecule has 0 saturated heterocycles. The minimum atomic E-state index is -3.71. The van der Waals surface area contributed by atoms with Crippen LogP contribution in [0.25, 0.3) is 86.3 Å². The highest BCUT2D eigenvalue weighted by atomic mass is 32.1. The third-order valence-electron chi connectivity index (χ3n) is 12.6. The van der Waals surface area contributed by atoms with Crippen molar-refractivity contribution in [3.05, 3.63) is 242 Å². The first-order valence-corrected chi connectivity index (χ1v) is 23.9.